The van der Waals surface area contributed by atoms with Crippen LogP contribution in [0.5, 0.6) is 0 Å². The van der Waals surface area contributed by atoms with Gasteiger partial charge in [0.05, 0.1) is 0 Å². The van der Waals surface area contributed by atoms with Crippen LogP contribution in [0.2, 0.25) is 0 Å². The van der Waals surface area contributed by atoms with Gasteiger partial charge >= 0.3 is 0 Å². The van der Waals surface area contributed by atoms with Crippen LogP contribution in [-0.4, -0.2) is 17.8 Å². The molecular weight excluding hydrogens is 230 g/mol. The Hall–Kier alpha value is -0.0500. The van der Waals surface area contributed by atoms with Gasteiger partial charge in [-0.15, -0.1) is 0 Å². The molecule has 0 radical (unpaired) electrons. The molecule has 1 amide bonds. The summed E-state index contributed by atoms with van der Waals surface area (Å²) in [5.74, 6) is 1.82. The van der Waals surface area contributed by atoms with Gasteiger partial charge in [-0.1, -0.05) is 22.9 Å². The Morgan fingerprint density at radius 2 is 2.23 bits per heavy atom. The van der Waals surface area contributed by atoms with E-state index in [1.165, 1.54) is 6.42 Å². The SMILES string of the molecule is CC1CC1CNC(=O)CCCCBr. The molecule has 1 saturated carbocycles. The van der Waals surface area contributed by atoms with Crippen LogP contribution >= 0.6 is 15.9 Å². The van der Waals surface area contributed by atoms with Gasteiger partial charge in [0.1, 0.15) is 0 Å². The van der Waals surface area contributed by atoms with Crippen LogP contribution in [0.25, 0.3) is 0 Å². The number of carbonyl (C=O) groups excluding carboxylic acids is 1. The summed E-state index contributed by atoms with van der Waals surface area (Å²) in [5.41, 5.74) is 0. The third-order valence-corrected chi connectivity index (χ3v) is 3.19. The van der Waals surface area contributed by atoms with E-state index in [0.29, 0.717) is 6.42 Å². The third kappa shape index (κ3) is 4.65. The van der Waals surface area contributed by atoms with Crippen LogP contribution in [0.4, 0.5) is 0 Å². The number of unbranched alkanes of at least 4 members (excludes halogenated alkanes) is 1. The summed E-state index contributed by atoms with van der Waals surface area (Å²) in [6.45, 7) is 3.13. The van der Waals surface area contributed by atoms with E-state index in [1.807, 2.05) is 0 Å². The van der Waals surface area contributed by atoms with Gasteiger partial charge in [-0.25, -0.2) is 0 Å². The molecule has 3 heteroatoms. The molecule has 2 atom stereocenters. The van der Waals surface area contributed by atoms with Crippen LogP contribution in [-0.2, 0) is 4.79 Å². The lowest BCUT2D eigenvalue weighted by molar-refractivity contribution is -0.121. The molecule has 0 bridgehead atoms. The number of hydrogen-bond donors (Lipinski definition) is 1. The van der Waals surface area contributed by atoms with Crippen LogP contribution in [0, 0.1) is 11.8 Å². The van der Waals surface area contributed by atoms with Gasteiger partial charge in [-0.2, -0.15) is 0 Å². The predicted octanol–water partition coefficient (Wildman–Crippen LogP) is 2.32. The molecule has 1 N–H and O–H groups in total. The summed E-state index contributed by atoms with van der Waals surface area (Å²) in [6, 6.07) is 0. The molecule has 0 spiro atoms. The molecule has 76 valence electrons. The largest absolute Gasteiger partial charge is 0.356 e. The fourth-order valence-electron chi connectivity index (χ4n) is 1.40. The first-order valence-corrected chi connectivity index (χ1v) is 6.19. The zero-order valence-corrected chi connectivity index (χ0v) is 9.77. The first kappa shape index (κ1) is 11.0. The highest BCUT2D eigenvalue weighted by Crippen LogP contribution is 2.36. The van der Waals surface area contributed by atoms with E-state index in [-0.39, 0.29) is 5.91 Å². The smallest absolute Gasteiger partial charge is 0.220 e. The Balaban J connectivity index is 1.92. The minimum atomic E-state index is 0.222. The van der Waals surface area contributed by atoms with Crippen molar-refractivity contribution in [2.24, 2.45) is 11.8 Å². The number of amides is 1. The molecule has 0 aliphatic heterocycles. The molecule has 2 unspecified atom stereocenters. The molecule has 0 aromatic rings. The number of rotatable bonds is 6. The molecular formula is C10H18BrNO. The average molecular weight is 248 g/mol. The second-order valence-corrected chi connectivity index (χ2v) is 4.72. The van der Waals surface area contributed by atoms with Gasteiger partial charge < -0.3 is 5.32 Å². The summed E-state index contributed by atoms with van der Waals surface area (Å²) < 4.78 is 0. The molecule has 0 heterocycles. The Morgan fingerprint density at radius 1 is 1.54 bits per heavy atom. The average Bonchev–Trinajstić information content (AvgIpc) is 2.79. The van der Waals surface area contributed by atoms with Crippen LogP contribution < -0.4 is 5.32 Å². The topological polar surface area (TPSA) is 29.1 Å². The number of hydrogen-bond acceptors (Lipinski definition) is 1. The Bertz CT molecular complexity index is 172. The fourth-order valence-corrected chi connectivity index (χ4v) is 1.79. The lowest BCUT2D eigenvalue weighted by Crippen LogP contribution is -2.25. The van der Waals surface area contributed by atoms with E-state index >= 15 is 0 Å². The lowest BCUT2D eigenvalue weighted by atomic mass is 10.2. The van der Waals surface area contributed by atoms with E-state index in [4.69, 9.17) is 0 Å². The minimum absolute atomic E-state index is 0.222. The van der Waals surface area contributed by atoms with Gasteiger partial charge in [0.25, 0.3) is 0 Å². The van der Waals surface area contributed by atoms with Crippen LogP contribution in [0.1, 0.15) is 32.6 Å². The summed E-state index contributed by atoms with van der Waals surface area (Å²) in [7, 11) is 0. The van der Waals surface area contributed by atoms with Gasteiger partial charge in [-0.05, 0) is 31.1 Å². The maximum Gasteiger partial charge on any atom is 0.220 e. The molecule has 1 aliphatic carbocycles. The molecule has 0 saturated heterocycles. The van der Waals surface area contributed by atoms with E-state index in [2.05, 4.69) is 28.2 Å². The Labute approximate surface area is 88.6 Å². The normalized spacial score (nSPS) is 25.7. The molecule has 1 fully saturated rings. The quantitative estimate of drug-likeness (QED) is 0.567. The second kappa shape index (κ2) is 5.63. The number of carbonyl (C=O) groups is 1. The van der Waals surface area contributed by atoms with Crippen molar-refractivity contribution < 1.29 is 4.79 Å². The van der Waals surface area contributed by atoms with Gasteiger partial charge in [-0.3, -0.25) is 4.79 Å². The van der Waals surface area contributed by atoms with E-state index in [1.54, 1.807) is 0 Å². The summed E-state index contributed by atoms with van der Waals surface area (Å²) >= 11 is 3.35. The zero-order valence-electron chi connectivity index (χ0n) is 8.18. The second-order valence-electron chi connectivity index (χ2n) is 3.92. The number of nitrogens with one attached hydrogen (secondary N) is 1. The molecule has 1 rings (SSSR count). The van der Waals surface area contributed by atoms with Crippen molar-refractivity contribution in [2.45, 2.75) is 32.6 Å². The van der Waals surface area contributed by atoms with Crippen LogP contribution in [0.15, 0.2) is 0 Å². The fraction of sp³-hybridized carbons (Fsp3) is 0.900. The van der Waals surface area contributed by atoms with Crippen molar-refractivity contribution in [1.29, 1.82) is 0 Å². The zero-order chi connectivity index (χ0) is 9.68. The highest BCUT2D eigenvalue weighted by Gasteiger charge is 2.32. The van der Waals surface area contributed by atoms with Crippen molar-refractivity contribution in [3.8, 4) is 0 Å². The van der Waals surface area contributed by atoms with Crippen molar-refractivity contribution in [1.82, 2.24) is 5.32 Å². The van der Waals surface area contributed by atoms with E-state index in [9.17, 15) is 4.79 Å². The molecule has 13 heavy (non-hydrogen) atoms. The Kier molecular flexibility index (Phi) is 4.78. The highest BCUT2D eigenvalue weighted by molar-refractivity contribution is 9.09. The molecule has 1 aliphatic rings. The maximum atomic E-state index is 11.2. The molecule has 2 nitrogen and oxygen atoms in total. The minimum Gasteiger partial charge on any atom is -0.356 e. The predicted molar refractivity (Wildman–Crippen MR) is 57.9 cm³/mol. The van der Waals surface area contributed by atoms with Crippen molar-refractivity contribution in [3.05, 3.63) is 0 Å². The van der Waals surface area contributed by atoms with Crippen LogP contribution in [0.3, 0.4) is 0 Å². The van der Waals surface area contributed by atoms with E-state index in [0.717, 1.165) is 36.6 Å². The van der Waals surface area contributed by atoms with Crippen molar-refractivity contribution in [2.75, 3.05) is 11.9 Å². The first-order valence-electron chi connectivity index (χ1n) is 5.06. The standard InChI is InChI=1S/C10H18BrNO/c1-8-6-9(8)7-12-10(13)4-2-3-5-11/h8-9H,2-7H2,1H3,(H,12,13). The van der Waals surface area contributed by atoms with E-state index < -0.39 is 0 Å². The van der Waals surface area contributed by atoms with Crippen molar-refractivity contribution >= 4 is 21.8 Å². The Morgan fingerprint density at radius 3 is 2.77 bits per heavy atom. The third-order valence-electron chi connectivity index (χ3n) is 2.63. The lowest BCUT2D eigenvalue weighted by Gasteiger charge is -2.03. The first-order chi connectivity index (χ1) is 6.24. The number of halogens is 1. The van der Waals surface area contributed by atoms with Gasteiger partial charge in [0, 0.05) is 18.3 Å². The number of alkyl halides is 1. The monoisotopic (exact) mass is 247 g/mol. The summed E-state index contributed by atoms with van der Waals surface area (Å²) in [6.07, 6.45) is 4.07. The molecule has 0 aromatic heterocycles. The summed E-state index contributed by atoms with van der Waals surface area (Å²) in [4.78, 5) is 11.2. The highest BCUT2D eigenvalue weighted by atomic mass is 79.9. The van der Waals surface area contributed by atoms with Gasteiger partial charge in [0.2, 0.25) is 5.91 Å². The molecule has 0 aromatic carbocycles. The van der Waals surface area contributed by atoms with Gasteiger partial charge in [0.15, 0.2) is 0 Å². The summed E-state index contributed by atoms with van der Waals surface area (Å²) in [5, 5.41) is 3.98. The van der Waals surface area contributed by atoms with Crippen molar-refractivity contribution in [3.63, 3.8) is 0 Å². The maximum absolute atomic E-state index is 11.2.